The van der Waals surface area contributed by atoms with E-state index in [9.17, 15) is 0 Å². The molecule has 1 N–H and O–H groups in total. The largest absolute Gasteiger partial charge is 0.381 e. The SMILES string of the molecule is c1ccc2c(c1)CCCC2NCC1CCOCC1. The van der Waals surface area contributed by atoms with Gasteiger partial charge >= 0.3 is 0 Å². The van der Waals surface area contributed by atoms with Crippen LogP contribution in [-0.2, 0) is 11.2 Å². The maximum atomic E-state index is 5.42. The second kappa shape index (κ2) is 5.85. The molecule has 18 heavy (non-hydrogen) atoms. The van der Waals surface area contributed by atoms with Gasteiger partial charge in [-0.1, -0.05) is 24.3 Å². The first-order chi connectivity index (χ1) is 8.93. The smallest absolute Gasteiger partial charge is 0.0469 e. The average molecular weight is 245 g/mol. The summed E-state index contributed by atoms with van der Waals surface area (Å²) >= 11 is 0. The summed E-state index contributed by atoms with van der Waals surface area (Å²) in [6.45, 7) is 3.06. The van der Waals surface area contributed by atoms with Crippen molar-refractivity contribution in [2.45, 2.75) is 38.1 Å². The van der Waals surface area contributed by atoms with Crippen LogP contribution >= 0.6 is 0 Å². The number of aryl methyl sites for hydroxylation is 1. The summed E-state index contributed by atoms with van der Waals surface area (Å²) in [6.07, 6.45) is 6.32. The fourth-order valence-electron chi connectivity index (χ4n) is 3.23. The number of fused-ring (bicyclic) bond motifs is 1. The molecule has 0 aromatic heterocycles. The molecular formula is C16H23NO. The molecule has 0 saturated carbocycles. The molecule has 2 heteroatoms. The number of hydrogen-bond donors (Lipinski definition) is 1. The lowest BCUT2D eigenvalue weighted by Crippen LogP contribution is -2.32. The van der Waals surface area contributed by atoms with E-state index < -0.39 is 0 Å². The minimum atomic E-state index is 0.581. The maximum Gasteiger partial charge on any atom is 0.0469 e. The van der Waals surface area contributed by atoms with Gasteiger partial charge in [0.1, 0.15) is 0 Å². The molecule has 98 valence electrons. The van der Waals surface area contributed by atoms with Crippen molar-refractivity contribution in [2.24, 2.45) is 5.92 Å². The van der Waals surface area contributed by atoms with Crippen molar-refractivity contribution >= 4 is 0 Å². The summed E-state index contributed by atoms with van der Waals surface area (Å²) < 4.78 is 5.42. The lowest BCUT2D eigenvalue weighted by molar-refractivity contribution is 0.0652. The van der Waals surface area contributed by atoms with E-state index in [2.05, 4.69) is 29.6 Å². The van der Waals surface area contributed by atoms with Gasteiger partial charge in [0.2, 0.25) is 0 Å². The van der Waals surface area contributed by atoms with E-state index in [1.54, 1.807) is 5.56 Å². The van der Waals surface area contributed by atoms with Crippen LogP contribution in [0.3, 0.4) is 0 Å². The van der Waals surface area contributed by atoms with Gasteiger partial charge in [-0.05, 0) is 55.7 Å². The topological polar surface area (TPSA) is 21.3 Å². The lowest BCUT2D eigenvalue weighted by Gasteiger charge is -2.29. The third-order valence-corrected chi connectivity index (χ3v) is 4.36. The molecule has 1 fully saturated rings. The first kappa shape index (κ1) is 12.2. The van der Waals surface area contributed by atoms with E-state index in [0.717, 1.165) is 25.7 Å². The zero-order valence-corrected chi connectivity index (χ0v) is 11.0. The van der Waals surface area contributed by atoms with E-state index in [1.807, 2.05) is 0 Å². The molecule has 0 amide bonds. The molecule has 1 atom stereocenters. The molecule has 1 aliphatic carbocycles. The molecule has 1 aliphatic heterocycles. The Kier molecular flexibility index (Phi) is 3.96. The Bertz CT molecular complexity index is 384. The van der Waals surface area contributed by atoms with Gasteiger partial charge in [-0.2, -0.15) is 0 Å². The quantitative estimate of drug-likeness (QED) is 0.883. The van der Waals surface area contributed by atoms with Crippen molar-refractivity contribution in [2.75, 3.05) is 19.8 Å². The first-order valence-corrected chi connectivity index (χ1v) is 7.32. The average Bonchev–Trinajstić information content (AvgIpc) is 2.46. The highest BCUT2D eigenvalue weighted by Gasteiger charge is 2.21. The molecule has 2 aliphatic rings. The minimum Gasteiger partial charge on any atom is -0.381 e. The minimum absolute atomic E-state index is 0.581. The van der Waals surface area contributed by atoms with Crippen molar-refractivity contribution in [3.8, 4) is 0 Å². The molecule has 3 rings (SSSR count). The van der Waals surface area contributed by atoms with Gasteiger partial charge in [-0.15, -0.1) is 0 Å². The highest BCUT2D eigenvalue weighted by atomic mass is 16.5. The first-order valence-electron chi connectivity index (χ1n) is 7.32. The van der Waals surface area contributed by atoms with Crippen molar-refractivity contribution in [1.82, 2.24) is 5.32 Å². The lowest BCUT2D eigenvalue weighted by atomic mass is 9.87. The van der Waals surface area contributed by atoms with Crippen LogP contribution in [0, 0.1) is 5.92 Å². The van der Waals surface area contributed by atoms with Gasteiger partial charge in [-0.3, -0.25) is 0 Å². The summed E-state index contributed by atoms with van der Waals surface area (Å²) in [4.78, 5) is 0. The van der Waals surface area contributed by atoms with Gasteiger partial charge in [0.25, 0.3) is 0 Å². The van der Waals surface area contributed by atoms with Crippen LogP contribution in [0.25, 0.3) is 0 Å². The third kappa shape index (κ3) is 2.76. The van der Waals surface area contributed by atoms with E-state index in [0.29, 0.717) is 6.04 Å². The molecule has 1 aromatic rings. The Hall–Kier alpha value is -0.860. The van der Waals surface area contributed by atoms with Crippen LogP contribution in [-0.4, -0.2) is 19.8 Å². The standard InChI is InChI=1S/C16H23NO/c1-2-6-15-14(4-1)5-3-7-16(15)17-12-13-8-10-18-11-9-13/h1-2,4,6,13,16-17H,3,5,7-12H2. The zero-order chi connectivity index (χ0) is 12.2. The monoisotopic (exact) mass is 245 g/mol. The number of hydrogen-bond acceptors (Lipinski definition) is 2. The van der Waals surface area contributed by atoms with Crippen LogP contribution in [0.5, 0.6) is 0 Å². The molecular weight excluding hydrogens is 222 g/mol. The molecule has 1 unspecified atom stereocenters. The summed E-state index contributed by atoms with van der Waals surface area (Å²) in [5.41, 5.74) is 3.09. The van der Waals surface area contributed by atoms with Crippen LogP contribution in [0.4, 0.5) is 0 Å². The van der Waals surface area contributed by atoms with Crippen LogP contribution in [0.15, 0.2) is 24.3 Å². The van der Waals surface area contributed by atoms with Crippen molar-refractivity contribution in [1.29, 1.82) is 0 Å². The Labute approximate surface area is 110 Å². The van der Waals surface area contributed by atoms with Crippen molar-refractivity contribution < 1.29 is 4.74 Å². The second-order valence-electron chi connectivity index (χ2n) is 5.61. The molecule has 0 radical (unpaired) electrons. The van der Waals surface area contributed by atoms with Gasteiger partial charge in [0, 0.05) is 19.3 Å². The van der Waals surface area contributed by atoms with Gasteiger partial charge < -0.3 is 10.1 Å². The highest BCUT2D eigenvalue weighted by molar-refractivity contribution is 5.32. The number of benzene rings is 1. The Morgan fingerprint density at radius 3 is 2.83 bits per heavy atom. The predicted octanol–water partition coefficient (Wildman–Crippen LogP) is 3.08. The number of rotatable bonds is 3. The number of ether oxygens (including phenoxy) is 1. The van der Waals surface area contributed by atoms with Crippen LogP contribution in [0.1, 0.15) is 42.9 Å². The van der Waals surface area contributed by atoms with Crippen LogP contribution in [0.2, 0.25) is 0 Å². The molecule has 1 heterocycles. The Balaban J connectivity index is 1.60. The molecule has 0 bridgehead atoms. The van der Waals surface area contributed by atoms with Gasteiger partial charge in [0.05, 0.1) is 0 Å². The highest BCUT2D eigenvalue weighted by Crippen LogP contribution is 2.29. The molecule has 2 nitrogen and oxygen atoms in total. The normalized spacial score (nSPS) is 24.8. The fraction of sp³-hybridized carbons (Fsp3) is 0.625. The van der Waals surface area contributed by atoms with Crippen LogP contribution < -0.4 is 5.32 Å². The Morgan fingerprint density at radius 1 is 1.11 bits per heavy atom. The Morgan fingerprint density at radius 2 is 1.94 bits per heavy atom. The predicted molar refractivity (Wildman–Crippen MR) is 73.7 cm³/mol. The van der Waals surface area contributed by atoms with Crippen molar-refractivity contribution in [3.63, 3.8) is 0 Å². The van der Waals surface area contributed by atoms with E-state index in [1.165, 1.54) is 37.7 Å². The summed E-state index contributed by atoms with van der Waals surface area (Å²) in [7, 11) is 0. The van der Waals surface area contributed by atoms with E-state index >= 15 is 0 Å². The van der Waals surface area contributed by atoms with Gasteiger partial charge in [-0.25, -0.2) is 0 Å². The molecule has 1 aromatic carbocycles. The number of nitrogens with one attached hydrogen (secondary N) is 1. The summed E-state index contributed by atoms with van der Waals surface area (Å²) in [6, 6.07) is 9.51. The zero-order valence-electron chi connectivity index (χ0n) is 11.0. The molecule has 1 saturated heterocycles. The third-order valence-electron chi connectivity index (χ3n) is 4.36. The van der Waals surface area contributed by atoms with E-state index in [-0.39, 0.29) is 0 Å². The summed E-state index contributed by atoms with van der Waals surface area (Å²) in [5, 5.41) is 3.79. The maximum absolute atomic E-state index is 5.42. The fourth-order valence-corrected chi connectivity index (χ4v) is 3.23. The van der Waals surface area contributed by atoms with Gasteiger partial charge in [0.15, 0.2) is 0 Å². The van der Waals surface area contributed by atoms with Crippen molar-refractivity contribution in [3.05, 3.63) is 35.4 Å². The molecule has 0 spiro atoms. The summed E-state index contributed by atoms with van der Waals surface area (Å²) in [5.74, 6) is 0.813. The second-order valence-corrected chi connectivity index (χ2v) is 5.61. The van der Waals surface area contributed by atoms with E-state index in [4.69, 9.17) is 4.74 Å².